The Labute approximate surface area is 187 Å². The minimum atomic E-state index is -0.271. The number of aryl methyl sites for hydroxylation is 3. The lowest BCUT2D eigenvalue weighted by Crippen LogP contribution is -2.36. The van der Waals surface area contributed by atoms with Gasteiger partial charge in [0.05, 0.1) is 25.0 Å². The largest absolute Gasteiger partial charge is 0.495 e. The van der Waals surface area contributed by atoms with E-state index in [1.165, 1.54) is 0 Å². The molecule has 31 heavy (non-hydrogen) atoms. The van der Waals surface area contributed by atoms with Gasteiger partial charge in [0.25, 0.3) is 5.91 Å². The average molecular weight is 440 g/mol. The number of aromatic nitrogens is 2. The topological polar surface area (TPSA) is 80.5 Å². The van der Waals surface area contributed by atoms with E-state index in [1.807, 2.05) is 44.6 Å². The third-order valence-electron chi connectivity index (χ3n) is 5.01. The summed E-state index contributed by atoms with van der Waals surface area (Å²) in [4.78, 5) is 17.5. The Bertz CT molecular complexity index is 1120. The number of rotatable bonds is 5. The van der Waals surface area contributed by atoms with Crippen molar-refractivity contribution in [2.24, 2.45) is 12.0 Å². The third kappa shape index (κ3) is 5.44. The van der Waals surface area contributed by atoms with E-state index in [0.717, 1.165) is 22.5 Å². The number of nitrogens with zero attached hydrogens (tertiary/aromatic N) is 3. The Balaban J connectivity index is 1.92. The highest BCUT2D eigenvalue weighted by atomic mass is 35.5. The predicted molar refractivity (Wildman–Crippen MR) is 124 cm³/mol. The number of amides is 1. The Hall–Kier alpha value is -3.32. The molecule has 0 fully saturated rings. The first-order valence-electron chi connectivity index (χ1n) is 9.80. The molecule has 0 saturated carbocycles. The van der Waals surface area contributed by atoms with Crippen LogP contribution in [0.4, 0.5) is 5.69 Å². The van der Waals surface area contributed by atoms with Gasteiger partial charge in [-0.2, -0.15) is 5.10 Å². The highest BCUT2D eigenvalue weighted by Crippen LogP contribution is 2.27. The first kappa shape index (κ1) is 22.4. The Kier molecular flexibility index (Phi) is 6.97. The van der Waals surface area contributed by atoms with E-state index < -0.39 is 0 Å². The highest BCUT2D eigenvalue weighted by molar-refractivity contribution is 6.31. The van der Waals surface area contributed by atoms with E-state index in [-0.39, 0.29) is 11.9 Å². The van der Waals surface area contributed by atoms with E-state index in [1.54, 1.807) is 37.4 Å². The van der Waals surface area contributed by atoms with Gasteiger partial charge in [-0.25, -0.2) is 4.99 Å². The minimum absolute atomic E-state index is 0.271. The number of aliphatic imine (C=N–C) groups is 1. The molecule has 1 heterocycles. The zero-order valence-electron chi connectivity index (χ0n) is 18.3. The predicted octanol–water partition coefficient (Wildman–Crippen LogP) is 4.41. The second-order valence-electron chi connectivity index (χ2n) is 7.23. The van der Waals surface area contributed by atoms with Crippen LogP contribution in [0, 0.1) is 20.8 Å². The van der Waals surface area contributed by atoms with Gasteiger partial charge in [-0.15, -0.1) is 0 Å². The second-order valence-corrected chi connectivity index (χ2v) is 7.66. The summed E-state index contributed by atoms with van der Waals surface area (Å²) in [6.07, 6.45) is 0. The maximum Gasteiger partial charge on any atom is 0.257 e. The van der Waals surface area contributed by atoms with E-state index in [4.69, 9.17) is 16.3 Å². The number of guanidine groups is 1. The summed E-state index contributed by atoms with van der Waals surface area (Å²) in [5.41, 5.74) is 5.13. The molecule has 8 heteroatoms. The molecule has 1 aromatic heterocycles. The van der Waals surface area contributed by atoms with Crippen molar-refractivity contribution in [3.8, 4) is 5.75 Å². The summed E-state index contributed by atoms with van der Waals surface area (Å²) < 4.78 is 7.22. The lowest BCUT2D eigenvalue weighted by molar-refractivity contribution is 0.0977. The van der Waals surface area contributed by atoms with Crippen molar-refractivity contribution in [2.45, 2.75) is 27.3 Å². The molecule has 0 aliphatic carbocycles. The van der Waals surface area contributed by atoms with Crippen LogP contribution in [0.5, 0.6) is 5.75 Å². The standard InChI is InChI=1S/C23H26ClN5O2/c1-14-6-8-17(9-7-14)22(30)27-23(25-13-19-15(2)28-29(4)16(19)3)26-20-12-18(24)10-11-21(20)31-5/h6-12H,13H2,1-5H3,(H2,25,26,27,30). The normalized spacial score (nSPS) is 11.4. The van der Waals surface area contributed by atoms with Crippen LogP contribution in [0.3, 0.4) is 0 Å². The summed E-state index contributed by atoms with van der Waals surface area (Å²) in [7, 11) is 3.46. The number of carbonyl (C=O) groups excluding carboxylic acids is 1. The van der Waals surface area contributed by atoms with Gasteiger partial charge in [0.2, 0.25) is 5.96 Å². The number of halogens is 1. The second kappa shape index (κ2) is 9.66. The van der Waals surface area contributed by atoms with E-state index in [9.17, 15) is 4.79 Å². The zero-order valence-corrected chi connectivity index (χ0v) is 19.0. The first-order valence-corrected chi connectivity index (χ1v) is 10.2. The number of carbonyl (C=O) groups is 1. The monoisotopic (exact) mass is 439 g/mol. The van der Waals surface area contributed by atoms with Crippen LogP contribution >= 0.6 is 11.6 Å². The van der Waals surface area contributed by atoms with Crippen LogP contribution in [-0.4, -0.2) is 28.8 Å². The molecule has 2 aromatic carbocycles. The third-order valence-corrected chi connectivity index (χ3v) is 5.25. The summed E-state index contributed by atoms with van der Waals surface area (Å²) >= 11 is 6.16. The van der Waals surface area contributed by atoms with Crippen molar-refractivity contribution in [1.29, 1.82) is 0 Å². The number of hydrogen-bond donors (Lipinski definition) is 2. The van der Waals surface area contributed by atoms with Gasteiger partial charge in [0.15, 0.2) is 0 Å². The van der Waals surface area contributed by atoms with Gasteiger partial charge < -0.3 is 10.1 Å². The van der Waals surface area contributed by atoms with E-state index in [2.05, 4.69) is 20.7 Å². The number of nitrogens with one attached hydrogen (secondary N) is 2. The van der Waals surface area contributed by atoms with Gasteiger partial charge in [0.1, 0.15) is 5.75 Å². The average Bonchev–Trinajstić information content (AvgIpc) is 2.98. The Morgan fingerprint density at radius 3 is 2.48 bits per heavy atom. The highest BCUT2D eigenvalue weighted by Gasteiger charge is 2.14. The molecule has 0 radical (unpaired) electrons. The van der Waals surface area contributed by atoms with E-state index >= 15 is 0 Å². The molecular weight excluding hydrogens is 414 g/mol. The van der Waals surface area contributed by atoms with Crippen LogP contribution in [0.2, 0.25) is 5.02 Å². The number of methoxy groups -OCH3 is 1. The summed E-state index contributed by atoms with van der Waals surface area (Å²) in [6.45, 7) is 6.25. The van der Waals surface area contributed by atoms with Crippen LogP contribution in [0.25, 0.3) is 0 Å². The molecule has 2 N–H and O–H groups in total. The quantitative estimate of drug-likeness (QED) is 0.456. The Morgan fingerprint density at radius 2 is 1.87 bits per heavy atom. The molecule has 0 aliphatic heterocycles. The van der Waals surface area contributed by atoms with Crippen molar-refractivity contribution in [3.05, 3.63) is 75.6 Å². The Morgan fingerprint density at radius 1 is 1.16 bits per heavy atom. The fourth-order valence-electron chi connectivity index (χ4n) is 3.10. The van der Waals surface area contributed by atoms with Gasteiger partial charge >= 0.3 is 0 Å². The molecule has 0 saturated heterocycles. The maximum absolute atomic E-state index is 12.8. The molecule has 0 bridgehead atoms. The molecule has 0 unspecified atom stereocenters. The summed E-state index contributed by atoms with van der Waals surface area (Å²) in [5.74, 6) is 0.594. The molecule has 7 nitrogen and oxygen atoms in total. The van der Waals surface area contributed by atoms with Crippen LogP contribution in [0.15, 0.2) is 47.5 Å². The molecule has 162 valence electrons. The molecular formula is C23H26ClN5O2. The van der Waals surface area contributed by atoms with Gasteiger partial charge in [-0.05, 0) is 51.1 Å². The first-order chi connectivity index (χ1) is 14.8. The lowest BCUT2D eigenvalue weighted by atomic mass is 10.1. The van der Waals surface area contributed by atoms with Crippen molar-refractivity contribution >= 4 is 29.2 Å². The summed E-state index contributed by atoms with van der Waals surface area (Å²) in [5, 5.41) is 11.0. The minimum Gasteiger partial charge on any atom is -0.495 e. The number of hydrogen-bond acceptors (Lipinski definition) is 4. The number of anilines is 1. The molecule has 0 atom stereocenters. The molecule has 0 spiro atoms. The van der Waals surface area contributed by atoms with Crippen LogP contribution in [0.1, 0.15) is 32.9 Å². The number of ether oxygens (including phenoxy) is 1. The van der Waals surface area contributed by atoms with Crippen molar-refractivity contribution < 1.29 is 9.53 Å². The summed E-state index contributed by atoms with van der Waals surface area (Å²) in [6, 6.07) is 12.5. The van der Waals surface area contributed by atoms with Crippen LogP contribution < -0.4 is 15.4 Å². The van der Waals surface area contributed by atoms with E-state index in [0.29, 0.717) is 28.6 Å². The smallest absolute Gasteiger partial charge is 0.257 e. The van der Waals surface area contributed by atoms with Crippen molar-refractivity contribution in [2.75, 3.05) is 12.4 Å². The molecule has 0 aliphatic rings. The van der Waals surface area contributed by atoms with Crippen LogP contribution in [-0.2, 0) is 13.6 Å². The lowest BCUT2D eigenvalue weighted by Gasteiger charge is -2.15. The fraction of sp³-hybridized carbons (Fsp3) is 0.261. The fourth-order valence-corrected chi connectivity index (χ4v) is 3.28. The zero-order chi connectivity index (χ0) is 22.5. The van der Waals surface area contributed by atoms with Crippen molar-refractivity contribution in [1.82, 2.24) is 15.1 Å². The maximum atomic E-state index is 12.8. The molecule has 3 rings (SSSR count). The van der Waals surface area contributed by atoms with Crippen molar-refractivity contribution in [3.63, 3.8) is 0 Å². The molecule has 3 aromatic rings. The number of benzene rings is 2. The van der Waals surface area contributed by atoms with Gasteiger partial charge in [-0.3, -0.25) is 14.8 Å². The van der Waals surface area contributed by atoms with Gasteiger partial charge in [-0.1, -0.05) is 29.3 Å². The SMILES string of the molecule is COc1ccc(Cl)cc1NC(=NCc1c(C)nn(C)c1C)NC(=O)c1ccc(C)cc1. The molecule has 1 amide bonds. The van der Waals surface area contributed by atoms with Gasteiger partial charge in [0, 0.05) is 28.9 Å².